The number of halogens is 6. The molecule has 0 fully saturated rings. The van der Waals surface area contributed by atoms with E-state index in [1.165, 1.54) is 13.1 Å². The van der Waals surface area contributed by atoms with Gasteiger partial charge < -0.3 is 10.1 Å². The van der Waals surface area contributed by atoms with Crippen LogP contribution in [0.3, 0.4) is 0 Å². The second kappa shape index (κ2) is 7.35. The highest BCUT2D eigenvalue weighted by Gasteiger charge is 2.35. The number of amides is 1. The summed E-state index contributed by atoms with van der Waals surface area (Å²) in [5, 5.41) is 9.69. The van der Waals surface area contributed by atoms with E-state index in [-0.39, 0.29) is 22.7 Å². The Labute approximate surface area is 158 Å². The van der Waals surface area contributed by atoms with E-state index < -0.39 is 37.3 Å². The maximum Gasteiger partial charge on any atom is 0.433 e. The molecule has 0 spiro atoms. The van der Waals surface area contributed by atoms with Crippen LogP contribution in [-0.2, 0) is 17.6 Å². The van der Waals surface area contributed by atoms with E-state index in [2.05, 4.69) is 25.2 Å². The van der Waals surface area contributed by atoms with Crippen molar-refractivity contribution >= 4 is 17.2 Å². The first kappa shape index (κ1) is 20.6. The molecule has 156 valence electrons. The molecular formula is C15H12F6N6O2. The molecule has 1 N–H and O–H groups in total. The van der Waals surface area contributed by atoms with Gasteiger partial charge in [-0.05, 0) is 13.0 Å². The van der Waals surface area contributed by atoms with Crippen LogP contribution in [0.5, 0.6) is 0 Å². The molecule has 0 radical (unpaired) electrons. The molecule has 14 heteroatoms. The van der Waals surface area contributed by atoms with Gasteiger partial charge in [0, 0.05) is 11.8 Å². The lowest BCUT2D eigenvalue weighted by Crippen LogP contribution is -2.18. The summed E-state index contributed by atoms with van der Waals surface area (Å²) in [7, 11) is 0. The summed E-state index contributed by atoms with van der Waals surface area (Å²) in [5.41, 5.74) is -1.42. The average Bonchev–Trinajstić information content (AvgIpc) is 3.18. The number of carbonyl (C=O) groups is 1. The fourth-order valence-corrected chi connectivity index (χ4v) is 2.36. The van der Waals surface area contributed by atoms with E-state index in [9.17, 15) is 31.1 Å². The van der Waals surface area contributed by atoms with E-state index >= 15 is 0 Å². The molecule has 0 atom stereocenters. The largest absolute Gasteiger partial charge is 0.433 e. The van der Waals surface area contributed by atoms with E-state index in [4.69, 9.17) is 0 Å². The molecule has 3 aromatic rings. The number of fused-ring (bicyclic) bond motifs is 1. The van der Waals surface area contributed by atoms with Crippen molar-refractivity contribution in [1.29, 1.82) is 0 Å². The molecule has 0 unspecified atom stereocenters. The summed E-state index contributed by atoms with van der Waals surface area (Å²) < 4.78 is 81.5. The number of hydrogen-bond donors (Lipinski definition) is 1. The quantitative estimate of drug-likeness (QED) is 0.639. The van der Waals surface area contributed by atoms with Gasteiger partial charge in [-0.15, -0.1) is 0 Å². The van der Waals surface area contributed by atoms with Gasteiger partial charge in [-0.25, -0.2) is 14.2 Å². The number of nitrogens with zero attached hydrogens (tertiary/aromatic N) is 5. The van der Waals surface area contributed by atoms with Crippen LogP contribution >= 0.6 is 0 Å². The lowest BCUT2D eigenvalue weighted by Gasteiger charge is -2.09. The monoisotopic (exact) mass is 422 g/mol. The summed E-state index contributed by atoms with van der Waals surface area (Å²) in [5.74, 6) is -0.850. The molecule has 3 rings (SSSR count). The average molecular weight is 422 g/mol. The molecule has 0 aliphatic rings. The van der Waals surface area contributed by atoms with Crippen molar-refractivity contribution < 1.29 is 35.9 Å². The summed E-state index contributed by atoms with van der Waals surface area (Å²) >= 11 is 0. The molecule has 29 heavy (non-hydrogen) atoms. The first-order valence-corrected chi connectivity index (χ1v) is 7.85. The Morgan fingerprint density at radius 2 is 1.93 bits per heavy atom. The van der Waals surface area contributed by atoms with Gasteiger partial charge in [0.05, 0.1) is 18.1 Å². The SMILES string of the molecule is Cc1cc(C(F)(F)F)n2nc(C(=O)Nc3cnn(COCC(F)(F)F)c3)cc2n1. The van der Waals surface area contributed by atoms with Crippen LogP contribution in [0.1, 0.15) is 21.9 Å². The first-order chi connectivity index (χ1) is 13.4. The van der Waals surface area contributed by atoms with Crippen molar-refractivity contribution in [3.8, 4) is 0 Å². The zero-order valence-corrected chi connectivity index (χ0v) is 14.5. The summed E-state index contributed by atoms with van der Waals surface area (Å²) in [4.78, 5) is 16.2. The van der Waals surface area contributed by atoms with E-state index in [1.807, 2.05) is 0 Å². The van der Waals surface area contributed by atoms with Crippen LogP contribution in [0.2, 0.25) is 0 Å². The van der Waals surface area contributed by atoms with Crippen molar-refractivity contribution in [3.05, 3.63) is 41.6 Å². The minimum atomic E-state index is -4.71. The second-order valence-corrected chi connectivity index (χ2v) is 5.90. The third-order valence-electron chi connectivity index (χ3n) is 3.46. The van der Waals surface area contributed by atoms with Crippen molar-refractivity contribution in [2.45, 2.75) is 26.0 Å². The van der Waals surface area contributed by atoms with Gasteiger partial charge >= 0.3 is 12.4 Å². The van der Waals surface area contributed by atoms with Crippen LogP contribution in [0, 0.1) is 6.92 Å². The summed E-state index contributed by atoms with van der Waals surface area (Å²) in [6.07, 6.45) is -6.87. The Bertz CT molecular complexity index is 1040. The van der Waals surface area contributed by atoms with Crippen LogP contribution in [0.4, 0.5) is 32.0 Å². The lowest BCUT2D eigenvalue weighted by atomic mass is 10.3. The standard InChI is InChI=1S/C15H12F6N6O2/c1-8-2-11(15(19,20)21)27-12(23-8)3-10(25-27)13(28)24-9-4-22-26(5-9)7-29-6-14(16,17)18/h2-5H,6-7H2,1H3,(H,24,28). The molecule has 0 saturated heterocycles. The Balaban J connectivity index is 1.74. The van der Waals surface area contributed by atoms with Crippen molar-refractivity contribution in [2.75, 3.05) is 11.9 Å². The molecule has 0 saturated carbocycles. The number of rotatable bonds is 5. The molecule has 0 aliphatic carbocycles. The maximum atomic E-state index is 13.2. The normalized spacial score (nSPS) is 12.5. The highest BCUT2D eigenvalue weighted by molar-refractivity contribution is 6.03. The van der Waals surface area contributed by atoms with E-state index in [1.54, 1.807) is 0 Å². The molecule has 1 amide bonds. The Hall–Kier alpha value is -3.16. The molecule has 0 bridgehead atoms. The molecule has 0 aromatic carbocycles. The van der Waals surface area contributed by atoms with Gasteiger partial charge in [-0.2, -0.15) is 36.5 Å². The molecule has 3 aromatic heterocycles. The minimum absolute atomic E-state index is 0.0860. The van der Waals surface area contributed by atoms with Gasteiger partial charge in [-0.1, -0.05) is 0 Å². The van der Waals surface area contributed by atoms with Crippen LogP contribution < -0.4 is 5.32 Å². The zero-order valence-electron chi connectivity index (χ0n) is 14.5. The number of ether oxygens (including phenoxy) is 1. The Morgan fingerprint density at radius 1 is 1.21 bits per heavy atom. The maximum absolute atomic E-state index is 13.2. The topological polar surface area (TPSA) is 86.3 Å². The minimum Gasteiger partial charge on any atom is -0.350 e. The van der Waals surface area contributed by atoms with Gasteiger partial charge in [-0.3, -0.25) is 4.79 Å². The van der Waals surface area contributed by atoms with Crippen LogP contribution in [-0.4, -0.2) is 43.1 Å². The highest BCUT2D eigenvalue weighted by atomic mass is 19.4. The molecule has 8 nitrogen and oxygen atoms in total. The van der Waals surface area contributed by atoms with E-state index in [0.29, 0.717) is 4.52 Å². The van der Waals surface area contributed by atoms with Crippen molar-refractivity contribution in [3.63, 3.8) is 0 Å². The fraction of sp³-hybridized carbons (Fsp3) is 0.333. The molecule has 0 aliphatic heterocycles. The van der Waals surface area contributed by atoms with Gasteiger partial charge in [0.25, 0.3) is 5.91 Å². The third-order valence-corrected chi connectivity index (χ3v) is 3.46. The predicted octanol–water partition coefficient (Wildman–Crippen LogP) is 3.04. The predicted molar refractivity (Wildman–Crippen MR) is 84.9 cm³/mol. The highest BCUT2D eigenvalue weighted by Crippen LogP contribution is 2.30. The molecular weight excluding hydrogens is 410 g/mol. The van der Waals surface area contributed by atoms with E-state index in [0.717, 1.165) is 23.0 Å². The Morgan fingerprint density at radius 3 is 2.59 bits per heavy atom. The number of aromatic nitrogens is 5. The summed E-state index contributed by atoms with van der Waals surface area (Å²) in [6.45, 7) is -0.608. The number of nitrogens with one attached hydrogen (secondary N) is 1. The number of anilines is 1. The Kier molecular flexibility index (Phi) is 5.21. The van der Waals surface area contributed by atoms with Gasteiger partial charge in [0.1, 0.15) is 19.0 Å². The first-order valence-electron chi connectivity index (χ1n) is 7.85. The van der Waals surface area contributed by atoms with Crippen molar-refractivity contribution in [1.82, 2.24) is 24.4 Å². The smallest absolute Gasteiger partial charge is 0.350 e. The number of hydrogen-bond acceptors (Lipinski definition) is 5. The van der Waals surface area contributed by atoms with Crippen LogP contribution in [0.25, 0.3) is 5.65 Å². The number of alkyl halides is 6. The number of aryl methyl sites for hydroxylation is 1. The van der Waals surface area contributed by atoms with Crippen LogP contribution in [0.15, 0.2) is 24.5 Å². The number of carbonyl (C=O) groups excluding carboxylic acids is 1. The third kappa shape index (κ3) is 5.01. The summed E-state index contributed by atoms with van der Waals surface area (Å²) in [6, 6.07) is 1.88. The lowest BCUT2D eigenvalue weighted by molar-refractivity contribution is -0.182. The molecule has 3 heterocycles. The van der Waals surface area contributed by atoms with Gasteiger partial charge in [0.2, 0.25) is 0 Å². The van der Waals surface area contributed by atoms with Gasteiger partial charge in [0.15, 0.2) is 11.3 Å². The second-order valence-electron chi connectivity index (χ2n) is 5.90. The zero-order chi connectivity index (χ0) is 21.4. The van der Waals surface area contributed by atoms with Crippen molar-refractivity contribution in [2.24, 2.45) is 0 Å². The fourth-order valence-electron chi connectivity index (χ4n) is 2.36.